The predicted molar refractivity (Wildman–Crippen MR) is 46.9 cm³/mol. The molecule has 0 N–H and O–H groups in total. The second-order valence-corrected chi connectivity index (χ2v) is 3.00. The number of carbonyl (C=O) groups excluding carboxylic acids is 1. The first-order chi connectivity index (χ1) is 6.81. The molecule has 1 atom stereocenters. The number of rotatable bonds is 5. The van der Waals surface area contributed by atoms with Gasteiger partial charge < -0.3 is 0 Å². The second-order valence-electron chi connectivity index (χ2n) is 2.61. The Bertz CT molecular complexity index is 254. The molecular weight excluding hydrogens is 237 g/mol. The SMILES string of the molecule is CCC=C(C)C(=O)OOC(F)(F)C(F)Cl. The lowest BCUT2D eigenvalue weighted by Gasteiger charge is -2.14. The second kappa shape index (κ2) is 5.97. The van der Waals surface area contributed by atoms with Gasteiger partial charge in [-0.25, -0.2) is 9.18 Å². The van der Waals surface area contributed by atoms with E-state index in [0.29, 0.717) is 6.42 Å². The standard InChI is InChI=1S/C8H10ClF3O3/c1-3-4-5(2)6(13)14-15-8(11,12)7(9)10/h4,7H,3H2,1-2H3. The van der Waals surface area contributed by atoms with Crippen LogP contribution in [0, 0.1) is 0 Å². The molecule has 0 aliphatic rings. The van der Waals surface area contributed by atoms with Crippen molar-refractivity contribution in [3.8, 4) is 0 Å². The van der Waals surface area contributed by atoms with E-state index in [1.807, 2.05) is 0 Å². The highest BCUT2D eigenvalue weighted by Crippen LogP contribution is 2.26. The van der Waals surface area contributed by atoms with E-state index in [0.717, 1.165) is 0 Å². The van der Waals surface area contributed by atoms with Crippen molar-refractivity contribution in [3.05, 3.63) is 11.6 Å². The highest BCUT2D eigenvalue weighted by Gasteiger charge is 2.43. The molecule has 0 saturated heterocycles. The Morgan fingerprint density at radius 3 is 2.53 bits per heavy atom. The number of carbonyl (C=O) groups is 1. The zero-order chi connectivity index (χ0) is 12.1. The van der Waals surface area contributed by atoms with Crippen LogP contribution in [0.3, 0.4) is 0 Å². The average Bonchev–Trinajstić information content (AvgIpc) is 2.14. The average molecular weight is 247 g/mol. The van der Waals surface area contributed by atoms with Crippen LogP contribution in [0.1, 0.15) is 20.3 Å². The van der Waals surface area contributed by atoms with Crippen molar-refractivity contribution in [2.75, 3.05) is 0 Å². The lowest BCUT2D eigenvalue weighted by molar-refractivity contribution is -0.419. The lowest BCUT2D eigenvalue weighted by Crippen LogP contribution is -2.30. The predicted octanol–water partition coefficient (Wildman–Crippen LogP) is 2.94. The van der Waals surface area contributed by atoms with E-state index < -0.39 is 17.7 Å². The van der Waals surface area contributed by atoms with Crippen molar-refractivity contribution in [2.45, 2.75) is 32.0 Å². The summed E-state index contributed by atoms with van der Waals surface area (Å²) in [5.41, 5.74) is -3.00. The van der Waals surface area contributed by atoms with E-state index in [1.165, 1.54) is 13.0 Å². The molecule has 0 spiro atoms. The van der Waals surface area contributed by atoms with Gasteiger partial charge in [0.2, 0.25) is 0 Å². The van der Waals surface area contributed by atoms with E-state index in [4.69, 9.17) is 0 Å². The van der Waals surface area contributed by atoms with Crippen LogP contribution in [0.15, 0.2) is 11.6 Å². The van der Waals surface area contributed by atoms with E-state index in [1.54, 1.807) is 6.92 Å². The van der Waals surface area contributed by atoms with Crippen LogP contribution in [-0.2, 0) is 14.6 Å². The Balaban J connectivity index is 4.18. The molecule has 7 heteroatoms. The molecule has 0 aromatic carbocycles. The van der Waals surface area contributed by atoms with Crippen LogP contribution >= 0.6 is 11.6 Å². The van der Waals surface area contributed by atoms with E-state index in [2.05, 4.69) is 21.4 Å². The molecule has 0 aromatic rings. The molecule has 0 bridgehead atoms. The van der Waals surface area contributed by atoms with Crippen molar-refractivity contribution < 1.29 is 27.7 Å². The highest BCUT2D eigenvalue weighted by atomic mass is 35.5. The third kappa shape index (κ3) is 5.03. The Hall–Kier alpha value is -0.750. The van der Waals surface area contributed by atoms with Gasteiger partial charge in [0.1, 0.15) is 0 Å². The molecule has 0 amide bonds. The van der Waals surface area contributed by atoms with Gasteiger partial charge in [0.15, 0.2) is 0 Å². The molecule has 15 heavy (non-hydrogen) atoms. The molecule has 0 aliphatic carbocycles. The third-order valence-corrected chi connectivity index (χ3v) is 1.57. The summed E-state index contributed by atoms with van der Waals surface area (Å²) in [6, 6.07) is 0. The maximum Gasteiger partial charge on any atom is 0.435 e. The maximum absolute atomic E-state index is 12.3. The lowest BCUT2D eigenvalue weighted by atomic mass is 10.2. The Morgan fingerprint density at radius 1 is 1.60 bits per heavy atom. The molecule has 0 saturated carbocycles. The van der Waals surface area contributed by atoms with Gasteiger partial charge in [-0.1, -0.05) is 24.6 Å². The normalized spacial score (nSPS) is 14.9. The van der Waals surface area contributed by atoms with Crippen LogP contribution in [0.25, 0.3) is 0 Å². The van der Waals surface area contributed by atoms with E-state index >= 15 is 0 Å². The van der Waals surface area contributed by atoms with Gasteiger partial charge in [0, 0.05) is 5.57 Å². The number of hydrogen-bond donors (Lipinski definition) is 0. The molecule has 3 nitrogen and oxygen atoms in total. The molecule has 0 heterocycles. The van der Waals surface area contributed by atoms with Crippen LogP contribution in [-0.4, -0.2) is 17.7 Å². The molecule has 0 aliphatic heterocycles. The van der Waals surface area contributed by atoms with Gasteiger partial charge in [-0.15, -0.1) is 4.89 Å². The largest absolute Gasteiger partial charge is 0.435 e. The summed E-state index contributed by atoms with van der Waals surface area (Å²) in [7, 11) is 0. The molecule has 0 aromatic heterocycles. The van der Waals surface area contributed by atoms with Gasteiger partial charge in [-0.2, -0.15) is 8.78 Å². The van der Waals surface area contributed by atoms with Crippen molar-refractivity contribution in [1.29, 1.82) is 0 Å². The van der Waals surface area contributed by atoms with Gasteiger partial charge in [-0.3, -0.25) is 4.89 Å². The monoisotopic (exact) mass is 246 g/mol. The number of hydrogen-bond acceptors (Lipinski definition) is 3. The number of alkyl halides is 4. The summed E-state index contributed by atoms with van der Waals surface area (Å²) in [6.07, 6.45) is -2.39. The van der Waals surface area contributed by atoms with Crippen molar-refractivity contribution in [1.82, 2.24) is 0 Å². The van der Waals surface area contributed by atoms with Crippen LogP contribution < -0.4 is 0 Å². The number of allylic oxidation sites excluding steroid dienone is 1. The minimum atomic E-state index is -4.36. The summed E-state index contributed by atoms with van der Waals surface area (Å²) >= 11 is 4.45. The zero-order valence-electron chi connectivity index (χ0n) is 8.10. The third-order valence-electron chi connectivity index (χ3n) is 1.31. The summed E-state index contributed by atoms with van der Waals surface area (Å²) in [5, 5.41) is 0. The minimum absolute atomic E-state index is 0.0817. The first kappa shape index (κ1) is 14.2. The van der Waals surface area contributed by atoms with Crippen LogP contribution in [0.2, 0.25) is 0 Å². The smallest absolute Gasteiger partial charge is 0.287 e. The van der Waals surface area contributed by atoms with Crippen molar-refractivity contribution in [2.24, 2.45) is 0 Å². The van der Waals surface area contributed by atoms with Gasteiger partial charge >= 0.3 is 12.1 Å². The molecule has 0 rings (SSSR count). The number of halogens is 4. The molecule has 0 fully saturated rings. The topological polar surface area (TPSA) is 35.5 Å². The molecular formula is C8H10ClF3O3. The molecule has 0 radical (unpaired) electrons. The van der Waals surface area contributed by atoms with E-state index in [9.17, 15) is 18.0 Å². The van der Waals surface area contributed by atoms with E-state index in [-0.39, 0.29) is 5.57 Å². The minimum Gasteiger partial charge on any atom is -0.287 e. The fraction of sp³-hybridized carbons (Fsp3) is 0.625. The Kier molecular flexibility index (Phi) is 5.67. The fourth-order valence-electron chi connectivity index (χ4n) is 0.585. The molecule has 88 valence electrons. The first-order valence-electron chi connectivity index (χ1n) is 4.04. The summed E-state index contributed by atoms with van der Waals surface area (Å²) in [5.74, 6) is -1.12. The zero-order valence-corrected chi connectivity index (χ0v) is 8.85. The van der Waals surface area contributed by atoms with Crippen LogP contribution in [0.5, 0.6) is 0 Å². The molecule has 1 unspecified atom stereocenters. The summed E-state index contributed by atoms with van der Waals surface area (Å²) in [4.78, 5) is 17.9. The summed E-state index contributed by atoms with van der Waals surface area (Å²) in [6.45, 7) is 3.09. The van der Waals surface area contributed by atoms with Crippen LogP contribution in [0.4, 0.5) is 13.2 Å². The van der Waals surface area contributed by atoms with Crippen molar-refractivity contribution in [3.63, 3.8) is 0 Å². The Labute approximate surface area is 89.7 Å². The fourth-order valence-corrected chi connectivity index (χ4v) is 0.621. The quantitative estimate of drug-likeness (QED) is 0.324. The van der Waals surface area contributed by atoms with Gasteiger partial charge in [-0.05, 0) is 13.3 Å². The first-order valence-corrected chi connectivity index (χ1v) is 4.47. The van der Waals surface area contributed by atoms with Crippen molar-refractivity contribution >= 4 is 17.6 Å². The van der Waals surface area contributed by atoms with Gasteiger partial charge in [0.25, 0.3) is 5.63 Å². The highest BCUT2D eigenvalue weighted by molar-refractivity contribution is 6.20. The maximum atomic E-state index is 12.3. The van der Waals surface area contributed by atoms with Gasteiger partial charge in [0.05, 0.1) is 0 Å². The Morgan fingerprint density at radius 2 is 2.13 bits per heavy atom. The summed E-state index contributed by atoms with van der Waals surface area (Å²) < 4.78 is 36.6.